The highest BCUT2D eigenvalue weighted by Crippen LogP contribution is 2.27. The molecule has 2 atom stereocenters. The van der Waals surface area contributed by atoms with Crippen LogP contribution < -0.4 is 10.6 Å². The smallest absolute Gasteiger partial charge is 0.274 e. The summed E-state index contributed by atoms with van der Waals surface area (Å²) in [6, 6.07) is 4.04. The number of nitro groups is 1. The lowest BCUT2D eigenvalue weighted by Crippen LogP contribution is -2.43. The predicted octanol–water partition coefficient (Wildman–Crippen LogP) is 2.39. The fraction of sp³-hybridized carbons (Fsp3) is 0.600. The first-order valence-corrected chi connectivity index (χ1v) is 7.30. The standard InChI is InChI=1S/C15H23N3O3/c1-10-6-11(2)15(18(19)20)8-14(10)17-12(3)7-13-9-21-5-4-16-13/h6,8,12-13,16-17H,4-5,7,9H2,1-3H3. The Morgan fingerprint density at radius 1 is 1.48 bits per heavy atom. The van der Waals surface area contributed by atoms with Gasteiger partial charge in [0.1, 0.15) is 0 Å². The van der Waals surface area contributed by atoms with Gasteiger partial charge in [0.05, 0.1) is 18.1 Å². The van der Waals surface area contributed by atoms with E-state index in [1.165, 1.54) is 0 Å². The molecule has 1 aliphatic heterocycles. The molecular formula is C15H23N3O3. The van der Waals surface area contributed by atoms with Crippen molar-refractivity contribution in [3.8, 4) is 0 Å². The Morgan fingerprint density at radius 2 is 2.24 bits per heavy atom. The summed E-state index contributed by atoms with van der Waals surface area (Å²) in [6.07, 6.45) is 0.918. The minimum Gasteiger partial charge on any atom is -0.382 e. The summed E-state index contributed by atoms with van der Waals surface area (Å²) >= 11 is 0. The number of anilines is 1. The van der Waals surface area contributed by atoms with Crippen LogP contribution in [0.3, 0.4) is 0 Å². The van der Waals surface area contributed by atoms with Crippen LogP contribution >= 0.6 is 0 Å². The zero-order chi connectivity index (χ0) is 15.4. The summed E-state index contributed by atoms with van der Waals surface area (Å²) in [6.45, 7) is 8.18. The maximum absolute atomic E-state index is 11.0. The molecule has 1 aromatic carbocycles. The number of rotatable bonds is 5. The first kappa shape index (κ1) is 15.7. The molecule has 2 unspecified atom stereocenters. The molecule has 0 amide bonds. The number of nitro benzene ring substituents is 1. The maximum atomic E-state index is 11.0. The molecule has 6 nitrogen and oxygen atoms in total. The predicted molar refractivity (Wildman–Crippen MR) is 82.9 cm³/mol. The zero-order valence-corrected chi connectivity index (χ0v) is 12.8. The molecule has 0 aliphatic carbocycles. The number of hydrogen-bond donors (Lipinski definition) is 2. The highest BCUT2D eigenvalue weighted by Gasteiger charge is 2.18. The van der Waals surface area contributed by atoms with E-state index >= 15 is 0 Å². The van der Waals surface area contributed by atoms with Gasteiger partial charge in [-0.25, -0.2) is 0 Å². The summed E-state index contributed by atoms with van der Waals surface area (Å²) in [5, 5.41) is 17.8. The van der Waals surface area contributed by atoms with Crippen molar-refractivity contribution in [2.75, 3.05) is 25.1 Å². The van der Waals surface area contributed by atoms with Crippen LogP contribution in [0.15, 0.2) is 12.1 Å². The van der Waals surface area contributed by atoms with Crippen LogP contribution in [-0.2, 0) is 4.74 Å². The minimum absolute atomic E-state index is 0.162. The van der Waals surface area contributed by atoms with Crippen molar-refractivity contribution in [3.05, 3.63) is 33.4 Å². The molecule has 0 saturated carbocycles. The largest absolute Gasteiger partial charge is 0.382 e. The Morgan fingerprint density at radius 3 is 2.86 bits per heavy atom. The van der Waals surface area contributed by atoms with Crippen LogP contribution in [0.4, 0.5) is 11.4 Å². The van der Waals surface area contributed by atoms with Gasteiger partial charge in [-0.05, 0) is 38.8 Å². The molecule has 0 bridgehead atoms. The van der Waals surface area contributed by atoms with Gasteiger partial charge < -0.3 is 15.4 Å². The second kappa shape index (κ2) is 6.87. The zero-order valence-electron chi connectivity index (χ0n) is 12.8. The van der Waals surface area contributed by atoms with Crippen molar-refractivity contribution in [1.29, 1.82) is 0 Å². The van der Waals surface area contributed by atoms with Crippen LogP contribution in [0.1, 0.15) is 24.5 Å². The van der Waals surface area contributed by atoms with E-state index in [4.69, 9.17) is 4.74 Å². The molecule has 21 heavy (non-hydrogen) atoms. The fourth-order valence-corrected chi connectivity index (χ4v) is 2.72. The summed E-state index contributed by atoms with van der Waals surface area (Å²) in [5.41, 5.74) is 2.71. The van der Waals surface area contributed by atoms with Crippen LogP contribution in [0.25, 0.3) is 0 Å². The summed E-state index contributed by atoms with van der Waals surface area (Å²) in [7, 11) is 0. The Hall–Kier alpha value is -1.66. The van der Waals surface area contributed by atoms with E-state index in [0.29, 0.717) is 11.6 Å². The highest BCUT2D eigenvalue weighted by molar-refractivity contribution is 5.60. The maximum Gasteiger partial charge on any atom is 0.274 e. The topological polar surface area (TPSA) is 76.4 Å². The SMILES string of the molecule is Cc1cc(C)c([N+](=O)[O-])cc1NC(C)CC1COCCN1. The molecule has 0 aromatic heterocycles. The van der Waals surface area contributed by atoms with Crippen molar-refractivity contribution in [3.63, 3.8) is 0 Å². The van der Waals surface area contributed by atoms with Gasteiger partial charge in [0.25, 0.3) is 5.69 Å². The van der Waals surface area contributed by atoms with Gasteiger partial charge in [0, 0.05) is 35.9 Å². The third-order valence-corrected chi connectivity index (χ3v) is 3.78. The Bertz CT molecular complexity index is 513. The Labute approximate surface area is 125 Å². The van der Waals surface area contributed by atoms with E-state index in [2.05, 4.69) is 17.6 Å². The summed E-state index contributed by atoms with van der Waals surface area (Å²) < 4.78 is 5.44. The van der Waals surface area contributed by atoms with E-state index in [1.54, 1.807) is 13.0 Å². The number of benzene rings is 1. The van der Waals surface area contributed by atoms with E-state index < -0.39 is 0 Å². The molecule has 2 rings (SSSR count). The van der Waals surface area contributed by atoms with Gasteiger partial charge >= 0.3 is 0 Å². The second-order valence-corrected chi connectivity index (χ2v) is 5.72. The number of nitrogens with zero attached hydrogens (tertiary/aromatic N) is 1. The molecule has 6 heteroatoms. The third kappa shape index (κ3) is 4.15. The van der Waals surface area contributed by atoms with Gasteiger partial charge in [-0.2, -0.15) is 0 Å². The fourth-order valence-electron chi connectivity index (χ4n) is 2.72. The van der Waals surface area contributed by atoms with Crippen molar-refractivity contribution in [2.45, 2.75) is 39.3 Å². The Kier molecular flexibility index (Phi) is 5.14. The monoisotopic (exact) mass is 293 g/mol. The number of morpholine rings is 1. The molecular weight excluding hydrogens is 270 g/mol. The quantitative estimate of drug-likeness (QED) is 0.644. The third-order valence-electron chi connectivity index (χ3n) is 3.78. The first-order valence-electron chi connectivity index (χ1n) is 7.30. The number of hydrogen-bond acceptors (Lipinski definition) is 5. The average molecular weight is 293 g/mol. The highest BCUT2D eigenvalue weighted by atomic mass is 16.6. The lowest BCUT2D eigenvalue weighted by Gasteiger charge is -2.27. The van der Waals surface area contributed by atoms with Crippen LogP contribution in [0.2, 0.25) is 0 Å². The molecule has 1 heterocycles. The van der Waals surface area contributed by atoms with E-state index in [0.717, 1.165) is 37.4 Å². The summed E-state index contributed by atoms with van der Waals surface area (Å²) in [5.74, 6) is 0. The van der Waals surface area contributed by atoms with Crippen molar-refractivity contribution in [1.82, 2.24) is 5.32 Å². The van der Waals surface area contributed by atoms with E-state index in [9.17, 15) is 10.1 Å². The molecule has 1 aliphatic rings. The summed E-state index contributed by atoms with van der Waals surface area (Å²) in [4.78, 5) is 10.7. The van der Waals surface area contributed by atoms with Crippen LogP contribution in [-0.4, -0.2) is 36.8 Å². The van der Waals surface area contributed by atoms with Crippen molar-refractivity contribution < 1.29 is 9.66 Å². The van der Waals surface area contributed by atoms with Gasteiger partial charge in [0.2, 0.25) is 0 Å². The van der Waals surface area contributed by atoms with E-state index in [1.807, 2.05) is 13.0 Å². The number of nitrogens with one attached hydrogen (secondary N) is 2. The molecule has 0 radical (unpaired) electrons. The number of aryl methyl sites for hydroxylation is 2. The molecule has 2 N–H and O–H groups in total. The van der Waals surface area contributed by atoms with Crippen LogP contribution in [0, 0.1) is 24.0 Å². The molecule has 0 spiro atoms. The van der Waals surface area contributed by atoms with E-state index in [-0.39, 0.29) is 16.7 Å². The van der Waals surface area contributed by atoms with Gasteiger partial charge in [-0.15, -0.1) is 0 Å². The lowest BCUT2D eigenvalue weighted by molar-refractivity contribution is -0.385. The van der Waals surface area contributed by atoms with Gasteiger partial charge in [-0.3, -0.25) is 10.1 Å². The van der Waals surface area contributed by atoms with Gasteiger partial charge in [0.15, 0.2) is 0 Å². The second-order valence-electron chi connectivity index (χ2n) is 5.72. The van der Waals surface area contributed by atoms with Gasteiger partial charge in [-0.1, -0.05) is 0 Å². The number of ether oxygens (including phenoxy) is 1. The van der Waals surface area contributed by atoms with Crippen molar-refractivity contribution in [2.24, 2.45) is 0 Å². The molecule has 116 valence electrons. The minimum atomic E-state index is -0.332. The molecule has 1 fully saturated rings. The Balaban J connectivity index is 2.04. The average Bonchev–Trinajstić information content (AvgIpc) is 2.42. The van der Waals surface area contributed by atoms with Crippen LogP contribution in [0.5, 0.6) is 0 Å². The lowest BCUT2D eigenvalue weighted by atomic mass is 10.1. The molecule has 1 saturated heterocycles. The van der Waals surface area contributed by atoms with Crippen molar-refractivity contribution >= 4 is 11.4 Å². The molecule has 1 aromatic rings. The normalized spacial score (nSPS) is 20.0. The first-order chi connectivity index (χ1) is 9.97.